The van der Waals surface area contributed by atoms with E-state index in [1.165, 1.54) is 38.9 Å². The third-order valence-corrected chi connectivity index (χ3v) is 10.5. The number of phosphoric acid groups is 1. The first kappa shape index (κ1) is 37.3. The molecule has 0 amide bonds. The van der Waals surface area contributed by atoms with Gasteiger partial charge in [-0.15, -0.1) is 0 Å². The van der Waals surface area contributed by atoms with E-state index in [-0.39, 0.29) is 24.6 Å². The van der Waals surface area contributed by atoms with Gasteiger partial charge in [0.15, 0.2) is 18.3 Å². The van der Waals surface area contributed by atoms with Crippen LogP contribution in [0.25, 0.3) is 0 Å². The third-order valence-electron chi connectivity index (χ3n) is 8.52. The molecule has 2 unspecified atom stereocenters. The minimum atomic E-state index is -3.87. The maximum Gasteiger partial charge on any atom is 0.480 e. The summed E-state index contributed by atoms with van der Waals surface area (Å²) in [5.74, 6) is 0.857. The second kappa shape index (κ2) is 15.8. The van der Waals surface area contributed by atoms with E-state index in [0.29, 0.717) is 34.6 Å². The molecule has 2 atom stereocenters. The molecule has 0 spiro atoms. The highest BCUT2D eigenvalue weighted by Gasteiger charge is 2.45. The molecule has 1 aliphatic carbocycles. The molecule has 2 fully saturated rings. The Morgan fingerprint density at radius 3 is 2.15 bits per heavy atom. The van der Waals surface area contributed by atoms with Crippen molar-refractivity contribution in [1.82, 2.24) is 15.0 Å². The van der Waals surface area contributed by atoms with Crippen molar-refractivity contribution < 1.29 is 31.7 Å². The molecule has 12 nitrogen and oxygen atoms in total. The largest absolute Gasteiger partial charge is 0.494 e. The van der Waals surface area contributed by atoms with Gasteiger partial charge in [0, 0.05) is 30.6 Å². The molecule has 2 heterocycles. The standard InChI is InChI=1S/C33H56FN7O5P/c1-9-41(23-44-47(42,45-32(2,3)4)46-33(5,6)7)20-14-17-26(41)22-35-29-38-30(36-24-15-12-10-11-13-16-24)40-31(39-29)37-25-18-19-28(43-8)27(34)21-25/h18-19,21,24,26H,9-17,20,22-23H2,1-8H3,(H3,35,36,37,38,39,40)/q+1. The number of aromatic nitrogens is 3. The average molecular weight is 681 g/mol. The van der Waals surface area contributed by atoms with Crippen molar-refractivity contribution in [3.8, 4) is 5.75 Å². The van der Waals surface area contributed by atoms with E-state index in [1.807, 2.05) is 41.5 Å². The number of halogens is 1. The number of rotatable bonds is 14. The van der Waals surface area contributed by atoms with Crippen molar-refractivity contribution in [2.45, 2.75) is 123 Å². The van der Waals surface area contributed by atoms with Crippen LogP contribution in [0.5, 0.6) is 5.75 Å². The number of phosphoric ester groups is 1. The molecule has 4 rings (SSSR count). The summed E-state index contributed by atoms with van der Waals surface area (Å²) >= 11 is 0. The molecule has 2 aliphatic rings. The smallest absolute Gasteiger partial charge is 0.480 e. The van der Waals surface area contributed by atoms with Crippen LogP contribution in [0.4, 0.5) is 27.9 Å². The molecule has 3 N–H and O–H groups in total. The predicted molar refractivity (Wildman–Crippen MR) is 184 cm³/mol. The van der Waals surface area contributed by atoms with Crippen molar-refractivity contribution in [2.75, 3.05) is 49.4 Å². The molecule has 0 bridgehead atoms. The lowest BCUT2D eigenvalue weighted by molar-refractivity contribution is -0.950. The number of anilines is 4. The Morgan fingerprint density at radius 1 is 0.915 bits per heavy atom. The molecular weight excluding hydrogens is 624 g/mol. The maximum atomic E-state index is 14.5. The van der Waals surface area contributed by atoms with Gasteiger partial charge in [0.25, 0.3) is 0 Å². The van der Waals surface area contributed by atoms with Crippen LogP contribution in [-0.2, 0) is 18.1 Å². The Bertz CT molecular complexity index is 1340. The summed E-state index contributed by atoms with van der Waals surface area (Å²) in [6.45, 7) is 15.5. The highest BCUT2D eigenvalue weighted by Crippen LogP contribution is 2.56. The summed E-state index contributed by atoms with van der Waals surface area (Å²) in [6.07, 6.45) is 8.86. The van der Waals surface area contributed by atoms with E-state index >= 15 is 0 Å². The average Bonchev–Trinajstić information content (AvgIpc) is 3.20. The number of likely N-dealkylation sites (tertiary alicyclic amines) is 1. The van der Waals surface area contributed by atoms with Crippen molar-refractivity contribution in [2.24, 2.45) is 0 Å². The second-order valence-corrected chi connectivity index (χ2v) is 16.2. The van der Waals surface area contributed by atoms with Gasteiger partial charge in [0.05, 0.1) is 37.9 Å². The van der Waals surface area contributed by atoms with Crippen LogP contribution in [-0.4, -0.2) is 76.2 Å². The van der Waals surface area contributed by atoms with Crippen LogP contribution in [0.3, 0.4) is 0 Å². The monoisotopic (exact) mass is 680 g/mol. The molecule has 1 saturated carbocycles. The van der Waals surface area contributed by atoms with Gasteiger partial charge < -0.3 is 20.7 Å². The van der Waals surface area contributed by atoms with Gasteiger partial charge >= 0.3 is 7.82 Å². The lowest BCUT2D eigenvalue weighted by Crippen LogP contribution is -2.55. The number of likely N-dealkylation sites (N-methyl/N-ethyl adjacent to an activating group) is 1. The third kappa shape index (κ3) is 11.2. The number of methoxy groups -OCH3 is 1. The Kier molecular flexibility index (Phi) is 12.5. The number of benzene rings is 1. The second-order valence-electron chi connectivity index (χ2n) is 14.7. The van der Waals surface area contributed by atoms with Gasteiger partial charge in [0.2, 0.25) is 17.8 Å². The summed E-state index contributed by atoms with van der Waals surface area (Å²) in [5.41, 5.74) is -0.933. The first-order valence-corrected chi connectivity index (χ1v) is 18.5. The number of hydrogen-bond acceptors (Lipinski definition) is 11. The maximum absolute atomic E-state index is 14.5. The Labute approximate surface area is 280 Å². The number of hydrogen-bond donors (Lipinski definition) is 3. The minimum Gasteiger partial charge on any atom is -0.494 e. The van der Waals surface area contributed by atoms with E-state index in [9.17, 15) is 8.96 Å². The molecule has 1 saturated heterocycles. The first-order chi connectivity index (χ1) is 22.1. The molecule has 264 valence electrons. The van der Waals surface area contributed by atoms with Gasteiger partial charge in [-0.2, -0.15) is 15.0 Å². The van der Waals surface area contributed by atoms with Gasteiger partial charge in [-0.05, 0) is 73.4 Å². The van der Waals surface area contributed by atoms with Crippen LogP contribution in [0, 0.1) is 5.82 Å². The van der Waals surface area contributed by atoms with Crippen LogP contribution in [0.15, 0.2) is 18.2 Å². The predicted octanol–water partition coefficient (Wildman–Crippen LogP) is 8.02. The Balaban J connectivity index is 1.53. The summed E-state index contributed by atoms with van der Waals surface area (Å²) in [5, 5.41) is 10.1. The Morgan fingerprint density at radius 2 is 1.55 bits per heavy atom. The van der Waals surface area contributed by atoms with Crippen LogP contribution < -0.4 is 20.7 Å². The Hall–Kier alpha value is -2.57. The molecule has 0 radical (unpaired) electrons. The zero-order valence-corrected chi connectivity index (χ0v) is 30.4. The van der Waals surface area contributed by atoms with Gasteiger partial charge in [0.1, 0.15) is 6.04 Å². The minimum absolute atomic E-state index is 0.139. The molecule has 1 aromatic heterocycles. The van der Waals surface area contributed by atoms with E-state index < -0.39 is 24.8 Å². The van der Waals surface area contributed by atoms with Gasteiger partial charge in [-0.1, -0.05) is 25.7 Å². The lowest BCUT2D eigenvalue weighted by atomic mass is 10.1. The SMILES string of the molecule is CC[N+]1(COP(=O)(OC(C)(C)C)OC(C)(C)C)CCCC1CNc1nc(Nc2ccc(OC)c(F)c2)nc(NC2CCCCCC2)n1. The van der Waals surface area contributed by atoms with Crippen molar-refractivity contribution >= 4 is 31.4 Å². The first-order valence-electron chi connectivity index (χ1n) is 17.0. The zero-order chi connectivity index (χ0) is 34.3. The summed E-state index contributed by atoms with van der Waals surface area (Å²) in [7, 11) is -2.44. The van der Waals surface area contributed by atoms with Gasteiger partial charge in [-0.25, -0.2) is 13.5 Å². The van der Waals surface area contributed by atoms with Crippen molar-refractivity contribution in [1.29, 1.82) is 0 Å². The van der Waals surface area contributed by atoms with Crippen LogP contribution in [0.1, 0.15) is 99.8 Å². The fourth-order valence-corrected chi connectivity index (χ4v) is 8.12. The molecule has 1 aliphatic heterocycles. The van der Waals surface area contributed by atoms with Crippen molar-refractivity contribution in [3.05, 3.63) is 24.0 Å². The summed E-state index contributed by atoms with van der Waals surface area (Å²) in [6, 6.07) is 5.04. The molecule has 14 heteroatoms. The van der Waals surface area contributed by atoms with E-state index in [2.05, 4.69) is 32.8 Å². The number of quaternary nitrogens is 1. The van der Waals surface area contributed by atoms with E-state index in [1.54, 1.807) is 12.1 Å². The summed E-state index contributed by atoms with van der Waals surface area (Å²) < 4.78 is 51.9. The van der Waals surface area contributed by atoms with Crippen LogP contribution >= 0.6 is 7.82 Å². The van der Waals surface area contributed by atoms with Gasteiger partial charge in [-0.3, -0.25) is 13.5 Å². The fraction of sp³-hybridized carbons (Fsp3) is 0.727. The topological polar surface area (TPSA) is 129 Å². The van der Waals surface area contributed by atoms with Crippen molar-refractivity contribution in [3.63, 3.8) is 0 Å². The van der Waals surface area contributed by atoms with E-state index in [4.69, 9.17) is 23.3 Å². The zero-order valence-electron chi connectivity index (χ0n) is 29.5. The fourth-order valence-electron chi connectivity index (χ4n) is 6.26. The molecular formula is C33H56FN7O5P+. The lowest BCUT2D eigenvalue weighted by Gasteiger charge is -2.40. The molecule has 2 aromatic rings. The summed E-state index contributed by atoms with van der Waals surface area (Å²) in [4.78, 5) is 14.0. The molecule has 47 heavy (non-hydrogen) atoms. The van der Waals surface area contributed by atoms with E-state index in [0.717, 1.165) is 38.8 Å². The number of ether oxygens (including phenoxy) is 1. The number of nitrogens with one attached hydrogen (secondary N) is 3. The normalized spacial score (nSPS) is 21.3. The highest BCUT2D eigenvalue weighted by atomic mass is 31.2. The number of nitrogens with zero attached hydrogens (tertiary/aromatic N) is 4. The van der Waals surface area contributed by atoms with Crippen LogP contribution in [0.2, 0.25) is 0 Å². The quantitative estimate of drug-likeness (QED) is 0.102. The molecule has 1 aromatic carbocycles. The highest BCUT2D eigenvalue weighted by molar-refractivity contribution is 7.48.